The zero-order valence-corrected chi connectivity index (χ0v) is 17.5. The Kier molecular flexibility index (Phi) is 8.37. The number of rotatable bonds is 5. The van der Waals surface area contributed by atoms with Crippen LogP contribution >= 0.6 is 0 Å². The number of carboxylic acid groups (broad SMARTS) is 1. The summed E-state index contributed by atoms with van der Waals surface area (Å²) < 4.78 is 62.7. The van der Waals surface area contributed by atoms with E-state index in [4.69, 9.17) is 14.6 Å². The van der Waals surface area contributed by atoms with E-state index in [1.54, 1.807) is 12.4 Å². The summed E-state index contributed by atoms with van der Waals surface area (Å²) in [5.74, 6) is -2.87. The van der Waals surface area contributed by atoms with E-state index in [1.807, 2.05) is 12.1 Å². The summed E-state index contributed by atoms with van der Waals surface area (Å²) in [7, 11) is -3.21. The third-order valence-electron chi connectivity index (χ3n) is 4.92. The molecule has 2 fully saturated rings. The zero-order valence-electron chi connectivity index (χ0n) is 16.7. The van der Waals surface area contributed by atoms with E-state index in [0.29, 0.717) is 32.4 Å². The number of fused-ring (bicyclic) bond motifs is 1. The number of nitrogens with zero attached hydrogens (tertiary/aromatic N) is 2. The summed E-state index contributed by atoms with van der Waals surface area (Å²) in [5, 5.41) is 10.0. The molecule has 2 aliphatic heterocycles. The quantitative estimate of drug-likeness (QED) is 0.661. The van der Waals surface area contributed by atoms with E-state index in [-0.39, 0.29) is 18.1 Å². The van der Waals surface area contributed by atoms with Gasteiger partial charge in [-0.1, -0.05) is 0 Å². The topological polar surface area (TPSA) is 126 Å². The van der Waals surface area contributed by atoms with Crippen LogP contribution in [0.2, 0.25) is 0 Å². The van der Waals surface area contributed by atoms with Crippen molar-refractivity contribution in [1.29, 1.82) is 0 Å². The van der Waals surface area contributed by atoms with Crippen molar-refractivity contribution in [2.24, 2.45) is 0 Å². The molecule has 31 heavy (non-hydrogen) atoms. The SMILES string of the molecule is CS(=O)(=O)N1CC[C@H]2O[C@H](C(=O)NCCc3ccncc3)CC[C@H]21.O=C(O)C(F)(F)F. The fourth-order valence-corrected chi connectivity index (χ4v) is 4.66. The largest absolute Gasteiger partial charge is 0.490 e. The number of alkyl halides is 3. The third kappa shape index (κ3) is 7.43. The minimum absolute atomic E-state index is 0.111. The van der Waals surface area contributed by atoms with Crippen LogP contribution in [-0.2, 0) is 30.8 Å². The van der Waals surface area contributed by atoms with E-state index in [2.05, 4.69) is 10.3 Å². The van der Waals surface area contributed by atoms with Crippen LogP contribution in [0.4, 0.5) is 13.2 Å². The van der Waals surface area contributed by atoms with Gasteiger partial charge in [-0.3, -0.25) is 9.78 Å². The lowest BCUT2D eigenvalue weighted by atomic mass is 9.99. The van der Waals surface area contributed by atoms with E-state index < -0.39 is 28.3 Å². The molecule has 1 aromatic rings. The van der Waals surface area contributed by atoms with E-state index in [1.165, 1.54) is 10.6 Å². The maximum absolute atomic E-state index is 12.3. The molecule has 3 heterocycles. The van der Waals surface area contributed by atoms with Gasteiger partial charge in [0.05, 0.1) is 18.4 Å². The molecule has 0 aliphatic carbocycles. The van der Waals surface area contributed by atoms with E-state index >= 15 is 0 Å². The van der Waals surface area contributed by atoms with Crippen molar-refractivity contribution in [3.8, 4) is 0 Å². The first-order chi connectivity index (χ1) is 14.4. The Morgan fingerprint density at radius 2 is 1.87 bits per heavy atom. The van der Waals surface area contributed by atoms with Crippen molar-refractivity contribution in [2.45, 2.75) is 50.1 Å². The van der Waals surface area contributed by atoms with Crippen LogP contribution in [-0.4, -0.2) is 78.5 Å². The van der Waals surface area contributed by atoms with Crippen LogP contribution < -0.4 is 5.32 Å². The van der Waals surface area contributed by atoms with Crippen LogP contribution in [0.3, 0.4) is 0 Å². The number of carbonyl (C=O) groups is 2. The van der Waals surface area contributed by atoms with Gasteiger partial charge in [-0.15, -0.1) is 0 Å². The van der Waals surface area contributed by atoms with Crippen molar-refractivity contribution in [1.82, 2.24) is 14.6 Å². The molecule has 174 valence electrons. The number of aromatic nitrogens is 1. The highest BCUT2D eigenvalue weighted by Gasteiger charge is 2.44. The Hall–Kier alpha value is -2.25. The predicted molar refractivity (Wildman–Crippen MR) is 102 cm³/mol. The monoisotopic (exact) mass is 467 g/mol. The van der Waals surface area contributed by atoms with Gasteiger partial charge in [-0.05, 0) is 43.4 Å². The lowest BCUT2D eigenvalue weighted by molar-refractivity contribution is -0.192. The molecule has 0 saturated carbocycles. The second kappa shape index (κ2) is 10.4. The molecule has 0 unspecified atom stereocenters. The standard InChI is InChI=1S/C16H23N3O4S.C2HF3O2/c1-24(21,22)19-11-7-14-13(19)2-3-15(23-14)16(20)18-10-6-12-4-8-17-9-5-12;3-2(4,5)1(6)7/h4-5,8-9,13-15H,2-3,6-7,10-11H2,1H3,(H,18,20);(H,6,7)/t13-,14-,15+;/m1./s1. The summed E-state index contributed by atoms with van der Waals surface area (Å²) in [6.07, 6.45) is 1.56. The molecular formula is C18H24F3N3O6S. The van der Waals surface area contributed by atoms with Crippen LogP contribution in [0, 0.1) is 0 Å². The average molecular weight is 467 g/mol. The number of hydrogen-bond acceptors (Lipinski definition) is 6. The van der Waals surface area contributed by atoms with Gasteiger partial charge in [0.2, 0.25) is 15.9 Å². The Labute approximate surface area is 177 Å². The van der Waals surface area contributed by atoms with Crippen molar-refractivity contribution >= 4 is 21.9 Å². The van der Waals surface area contributed by atoms with Gasteiger partial charge in [0, 0.05) is 25.5 Å². The number of nitrogens with one attached hydrogen (secondary N) is 1. The number of ether oxygens (including phenoxy) is 1. The summed E-state index contributed by atoms with van der Waals surface area (Å²) in [5.41, 5.74) is 1.12. The van der Waals surface area contributed by atoms with Gasteiger partial charge in [0.1, 0.15) is 6.10 Å². The molecule has 0 radical (unpaired) electrons. The van der Waals surface area contributed by atoms with Crippen molar-refractivity contribution in [3.05, 3.63) is 30.1 Å². The molecule has 1 amide bonds. The summed E-state index contributed by atoms with van der Waals surface area (Å²) in [4.78, 5) is 25.1. The number of pyridine rings is 1. The number of aliphatic carboxylic acids is 1. The zero-order chi connectivity index (χ0) is 23.2. The maximum atomic E-state index is 12.3. The van der Waals surface area contributed by atoms with Gasteiger partial charge in [-0.25, -0.2) is 13.2 Å². The van der Waals surface area contributed by atoms with Gasteiger partial charge < -0.3 is 15.2 Å². The molecule has 2 aliphatic rings. The molecule has 2 N–H and O–H groups in total. The van der Waals surface area contributed by atoms with Gasteiger partial charge in [0.15, 0.2) is 0 Å². The molecular weight excluding hydrogens is 443 g/mol. The molecule has 9 nitrogen and oxygen atoms in total. The Balaban J connectivity index is 0.000000423. The van der Waals surface area contributed by atoms with Crippen molar-refractivity contribution in [2.75, 3.05) is 19.3 Å². The number of hydrogen-bond donors (Lipinski definition) is 2. The first-order valence-electron chi connectivity index (χ1n) is 9.48. The van der Waals surface area contributed by atoms with Gasteiger partial charge in [0.25, 0.3) is 0 Å². The highest BCUT2D eigenvalue weighted by Crippen LogP contribution is 2.32. The molecule has 1 aromatic heterocycles. The molecule has 3 atom stereocenters. The van der Waals surface area contributed by atoms with Crippen molar-refractivity contribution < 1.29 is 41.0 Å². The maximum Gasteiger partial charge on any atom is 0.490 e. The minimum atomic E-state index is -5.08. The lowest BCUT2D eigenvalue weighted by Crippen LogP contribution is -2.49. The lowest BCUT2D eigenvalue weighted by Gasteiger charge is -2.34. The first-order valence-corrected chi connectivity index (χ1v) is 11.3. The van der Waals surface area contributed by atoms with E-state index in [9.17, 15) is 26.4 Å². The Morgan fingerprint density at radius 3 is 2.42 bits per heavy atom. The second-order valence-electron chi connectivity index (χ2n) is 7.17. The molecule has 2 saturated heterocycles. The number of carbonyl (C=O) groups excluding carboxylic acids is 1. The summed E-state index contributed by atoms with van der Waals surface area (Å²) in [6.45, 7) is 1.02. The molecule has 0 spiro atoms. The number of halogens is 3. The average Bonchev–Trinajstić information content (AvgIpc) is 3.12. The molecule has 0 aromatic carbocycles. The highest BCUT2D eigenvalue weighted by atomic mass is 32.2. The van der Waals surface area contributed by atoms with Crippen LogP contribution in [0.25, 0.3) is 0 Å². The first kappa shape index (κ1) is 25.0. The van der Waals surface area contributed by atoms with Gasteiger partial charge >= 0.3 is 12.1 Å². The fourth-order valence-electron chi connectivity index (χ4n) is 3.49. The number of sulfonamides is 1. The fraction of sp³-hybridized carbons (Fsp3) is 0.611. The molecule has 3 rings (SSSR count). The molecule has 13 heteroatoms. The van der Waals surface area contributed by atoms with Crippen LogP contribution in [0.1, 0.15) is 24.8 Å². The van der Waals surface area contributed by atoms with Gasteiger partial charge in [-0.2, -0.15) is 17.5 Å². The second-order valence-corrected chi connectivity index (χ2v) is 9.10. The summed E-state index contributed by atoms with van der Waals surface area (Å²) >= 11 is 0. The van der Waals surface area contributed by atoms with Crippen LogP contribution in [0.5, 0.6) is 0 Å². The Bertz CT molecular complexity index is 866. The number of amides is 1. The minimum Gasteiger partial charge on any atom is -0.475 e. The van der Waals surface area contributed by atoms with E-state index in [0.717, 1.165) is 12.0 Å². The highest BCUT2D eigenvalue weighted by molar-refractivity contribution is 7.88. The third-order valence-corrected chi connectivity index (χ3v) is 6.23. The predicted octanol–water partition coefficient (Wildman–Crippen LogP) is 0.955. The Morgan fingerprint density at radius 1 is 1.26 bits per heavy atom. The normalized spacial score (nSPS) is 23.9. The van der Waals surface area contributed by atoms with Crippen LogP contribution in [0.15, 0.2) is 24.5 Å². The number of carboxylic acids is 1. The molecule has 0 bridgehead atoms. The summed E-state index contributed by atoms with van der Waals surface area (Å²) in [6, 6.07) is 3.72. The van der Waals surface area contributed by atoms with Crippen molar-refractivity contribution in [3.63, 3.8) is 0 Å². The smallest absolute Gasteiger partial charge is 0.475 e.